The van der Waals surface area contributed by atoms with Gasteiger partial charge in [0.2, 0.25) is 0 Å². The zero-order valence-corrected chi connectivity index (χ0v) is 15.0. The van der Waals surface area contributed by atoms with E-state index >= 15 is 0 Å². The number of aryl methyl sites for hydroxylation is 1. The van der Waals surface area contributed by atoms with Crippen LogP contribution in [0.1, 0.15) is 51.0 Å². The minimum absolute atomic E-state index is 0. The molecule has 0 radical (unpaired) electrons. The van der Waals surface area contributed by atoms with Gasteiger partial charge in [-0.2, -0.15) is 0 Å². The largest absolute Gasteiger partial charge is 0.494 e. The quantitative estimate of drug-likeness (QED) is 0.617. The van der Waals surface area contributed by atoms with Crippen LogP contribution in [0.3, 0.4) is 0 Å². The zero-order valence-electron chi connectivity index (χ0n) is 14.2. The average molecular weight is 326 g/mol. The molecular weight excluding hydrogens is 294 g/mol. The smallest absolute Gasteiger partial charge is 0.119 e. The molecule has 1 fully saturated rings. The highest BCUT2D eigenvalue weighted by Gasteiger charge is 2.18. The highest BCUT2D eigenvalue weighted by Crippen LogP contribution is 2.21. The van der Waals surface area contributed by atoms with Crippen LogP contribution in [0.15, 0.2) is 24.3 Å². The van der Waals surface area contributed by atoms with E-state index < -0.39 is 0 Å². The number of unbranched alkanes of at least 4 members (excludes halogenated alkanes) is 2. The molecule has 1 aliphatic heterocycles. The SMILES string of the molecule is CCCCCN1CCC(CCOc2ccc(C)cc2)CC1.Cl. The van der Waals surface area contributed by atoms with Gasteiger partial charge < -0.3 is 9.64 Å². The number of likely N-dealkylation sites (tertiary alicyclic amines) is 1. The number of nitrogens with zero attached hydrogens (tertiary/aromatic N) is 1. The topological polar surface area (TPSA) is 12.5 Å². The van der Waals surface area contributed by atoms with Crippen molar-refractivity contribution in [2.24, 2.45) is 5.92 Å². The molecule has 22 heavy (non-hydrogen) atoms. The molecule has 0 saturated carbocycles. The standard InChI is InChI=1S/C19H31NO.ClH/c1-3-4-5-13-20-14-10-18(11-15-20)12-16-21-19-8-6-17(2)7-9-19;/h6-9,18H,3-5,10-16H2,1-2H3;1H. The highest BCUT2D eigenvalue weighted by atomic mass is 35.5. The van der Waals surface area contributed by atoms with E-state index in [1.54, 1.807) is 0 Å². The molecule has 0 spiro atoms. The van der Waals surface area contributed by atoms with Gasteiger partial charge in [-0.25, -0.2) is 0 Å². The second-order valence-corrected chi connectivity index (χ2v) is 6.44. The molecule has 0 unspecified atom stereocenters. The molecule has 0 atom stereocenters. The van der Waals surface area contributed by atoms with E-state index in [-0.39, 0.29) is 12.4 Å². The van der Waals surface area contributed by atoms with E-state index in [1.807, 2.05) is 0 Å². The predicted octanol–water partition coefficient (Wildman–Crippen LogP) is 5.09. The molecule has 1 heterocycles. The molecule has 2 nitrogen and oxygen atoms in total. The van der Waals surface area contributed by atoms with Crippen LogP contribution in [0.2, 0.25) is 0 Å². The lowest BCUT2D eigenvalue weighted by Gasteiger charge is -2.31. The molecule has 1 aromatic carbocycles. The van der Waals surface area contributed by atoms with Crippen LogP contribution >= 0.6 is 12.4 Å². The number of halogens is 1. The van der Waals surface area contributed by atoms with E-state index in [4.69, 9.17) is 4.74 Å². The maximum atomic E-state index is 5.86. The monoisotopic (exact) mass is 325 g/mol. The van der Waals surface area contributed by atoms with Gasteiger partial charge in [0.05, 0.1) is 6.61 Å². The molecule has 0 aliphatic carbocycles. The van der Waals surface area contributed by atoms with Crippen LogP contribution in [-0.2, 0) is 0 Å². The Labute approximate surface area is 142 Å². The second kappa shape index (κ2) is 10.9. The molecule has 1 aromatic rings. The summed E-state index contributed by atoms with van der Waals surface area (Å²) in [6.07, 6.45) is 7.98. The van der Waals surface area contributed by atoms with Crippen LogP contribution in [0, 0.1) is 12.8 Å². The Balaban J connectivity index is 0.00000242. The van der Waals surface area contributed by atoms with Crippen molar-refractivity contribution < 1.29 is 4.74 Å². The number of hydrogen-bond acceptors (Lipinski definition) is 2. The third kappa shape index (κ3) is 7.02. The first-order chi connectivity index (χ1) is 10.3. The Morgan fingerprint density at radius 1 is 1.09 bits per heavy atom. The van der Waals surface area contributed by atoms with Crippen molar-refractivity contribution in [3.63, 3.8) is 0 Å². The molecule has 0 amide bonds. The number of benzene rings is 1. The van der Waals surface area contributed by atoms with Gasteiger partial charge in [-0.05, 0) is 70.3 Å². The van der Waals surface area contributed by atoms with Crippen LogP contribution in [-0.4, -0.2) is 31.1 Å². The predicted molar refractivity (Wildman–Crippen MR) is 97.2 cm³/mol. The van der Waals surface area contributed by atoms with Gasteiger partial charge in [-0.1, -0.05) is 37.5 Å². The summed E-state index contributed by atoms with van der Waals surface area (Å²) in [6.45, 7) is 9.14. The van der Waals surface area contributed by atoms with E-state index in [9.17, 15) is 0 Å². The lowest BCUT2D eigenvalue weighted by molar-refractivity contribution is 0.161. The summed E-state index contributed by atoms with van der Waals surface area (Å²) < 4.78 is 5.86. The van der Waals surface area contributed by atoms with E-state index in [0.29, 0.717) is 0 Å². The van der Waals surface area contributed by atoms with Gasteiger partial charge in [0.15, 0.2) is 0 Å². The van der Waals surface area contributed by atoms with Crippen LogP contribution < -0.4 is 4.74 Å². The molecule has 126 valence electrons. The highest BCUT2D eigenvalue weighted by molar-refractivity contribution is 5.85. The Bertz CT molecular complexity index is 385. The minimum atomic E-state index is 0. The first-order valence-electron chi connectivity index (χ1n) is 8.69. The number of piperidine rings is 1. The number of rotatable bonds is 8. The van der Waals surface area contributed by atoms with E-state index in [1.165, 1.54) is 63.7 Å². The fourth-order valence-corrected chi connectivity index (χ4v) is 3.06. The summed E-state index contributed by atoms with van der Waals surface area (Å²) >= 11 is 0. The summed E-state index contributed by atoms with van der Waals surface area (Å²) in [7, 11) is 0. The molecule has 2 rings (SSSR count). The summed E-state index contributed by atoms with van der Waals surface area (Å²) in [6, 6.07) is 8.38. The van der Waals surface area contributed by atoms with E-state index in [2.05, 4.69) is 43.0 Å². The Hall–Kier alpha value is -0.730. The summed E-state index contributed by atoms with van der Waals surface area (Å²) in [5, 5.41) is 0. The molecule has 1 saturated heterocycles. The first kappa shape index (κ1) is 19.3. The van der Waals surface area contributed by atoms with Gasteiger partial charge in [0.1, 0.15) is 5.75 Å². The molecule has 3 heteroatoms. The normalized spacial score (nSPS) is 16.3. The third-order valence-electron chi connectivity index (χ3n) is 4.60. The van der Waals surface area contributed by atoms with Crippen molar-refractivity contribution >= 4 is 12.4 Å². The molecular formula is C19H32ClNO. The van der Waals surface area contributed by atoms with Crippen molar-refractivity contribution in [2.75, 3.05) is 26.2 Å². The summed E-state index contributed by atoms with van der Waals surface area (Å²) in [5.41, 5.74) is 1.29. The average Bonchev–Trinajstić information content (AvgIpc) is 2.51. The lowest BCUT2D eigenvalue weighted by Crippen LogP contribution is -2.34. The lowest BCUT2D eigenvalue weighted by atomic mass is 9.94. The van der Waals surface area contributed by atoms with Gasteiger partial charge in [-0.15, -0.1) is 12.4 Å². The molecule has 0 bridgehead atoms. The van der Waals surface area contributed by atoms with Crippen molar-refractivity contribution in [3.05, 3.63) is 29.8 Å². The zero-order chi connectivity index (χ0) is 14.9. The summed E-state index contributed by atoms with van der Waals surface area (Å²) in [4.78, 5) is 2.65. The summed E-state index contributed by atoms with van der Waals surface area (Å²) in [5.74, 6) is 1.87. The number of hydrogen-bond donors (Lipinski definition) is 0. The van der Waals surface area contributed by atoms with Crippen LogP contribution in [0.25, 0.3) is 0 Å². The Kier molecular flexibility index (Phi) is 9.58. The van der Waals surface area contributed by atoms with Crippen LogP contribution in [0.5, 0.6) is 5.75 Å². The third-order valence-corrected chi connectivity index (χ3v) is 4.60. The fourth-order valence-electron chi connectivity index (χ4n) is 3.06. The Morgan fingerprint density at radius 2 is 1.77 bits per heavy atom. The van der Waals surface area contributed by atoms with Gasteiger partial charge in [-0.3, -0.25) is 0 Å². The first-order valence-corrected chi connectivity index (χ1v) is 8.69. The fraction of sp³-hybridized carbons (Fsp3) is 0.684. The molecule has 1 aliphatic rings. The van der Waals surface area contributed by atoms with Crippen molar-refractivity contribution in [1.82, 2.24) is 4.90 Å². The Morgan fingerprint density at radius 3 is 2.41 bits per heavy atom. The number of ether oxygens (including phenoxy) is 1. The minimum Gasteiger partial charge on any atom is -0.494 e. The van der Waals surface area contributed by atoms with Crippen LogP contribution in [0.4, 0.5) is 0 Å². The van der Waals surface area contributed by atoms with Gasteiger partial charge >= 0.3 is 0 Å². The van der Waals surface area contributed by atoms with E-state index in [0.717, 1.165) is 18.3 Å². The maximum absolute atomic E-state index is 5.86. The van der Waals surface area contributed by atoms with Gasteiger partial charge in [0.25, 0.3) is 0 Å². The van der Waals surface area contributed by atoms with Crippen molar-refractivity contribution in [3.8, 4) is 5.75 Å². The molecule has 0 aromatic heterocycles. The maximum Gasteiger partial charge on any atom is 0.119 e. The van der Waals surface area contributed by atoms with Crippen molar-refractivity contribution in [1.29, 1.82) is 0 Å². The van der Waals surface area contributed by atoms with Crippen molar-refractivity contribution in [2.45, 2.75) is 52.4 Å². The molecule has 0 N–H and O–H groups in total. The second-order valence-electron chi connectivity index (χ2n) is 6.44. The van der Waals surface area contributed by atoms with Gasteiger partial charge in [0, 0.05) is 0 Å².